The van der Waals surface area contributed by atoms with Crippen LogP contribution in [-0.4, -0.2) is 17.7 Å². The molecule has 1 saturated carbocycles. The molecule has 1 aromatic rings. The molecule has 0 aromatic heterocycles. The molecule has 2 nitrogen and oxygen atoms in total. The Morgan fingerprint density at radius 1 is 1.47 bits per heavy atom. The summed E-state index contributed by atoms with van der Waals surface area (Å²) < 4.78 is 0. The highest BCUT2D eigenvalue weighted by Gasteiger charge is 2.31. The van der Waals surface area contributed by atoms with Crippen molar-refractivity contribution in [1.29, 1.82) is 0 Å². The lowest BCUT2D eigenvalue weighted by molar-refractivity contribution is -0.122. The standard InChI is InChI=1S/C13H16ClNOS/c14-11-3-1-2-9(6-11)10-7-12(8-10)15-13(16)4-5-17/h1-3,6,10,12,17H,4-5,7-8H2,(H,15,16). The van der Waals surface area contributed by atoms with Crippen molar-refractivity contribution in [3.8, 4) is 0 Å². The Balaban J connectivity index is 1.81. The van der Waals surface area contributed by atoms with Crippen molar-refractivity contribution in [2.75, 3.05) is 5.75 Å². The van der Waals surface area contributed by atoms with Crippen LogP contribution in [0.1, 0.15) is 30.7 Å². The molecule has 1 aliphatic carbocycles. The fourth-order valence-corrected chi connectivity index (χ4v) is 2.57. The van der Waals surface area contributed by atoms with Crippen molar-refractivity contribution in [2.24, 2.45) is 0 Å². The lowest BCUT2D eigenvalue weighted by Crippen LogP contribution is -2.43. The number of thiol groups is 1. The third-order valence-electron chi connectivity index (χ3n) is 3.16. The van der Waals surface area contributed by atoms with Crippen LogP contribution in [0.25, 0.3) is 0 Å². The van der Waals surface area contributed by atoms with Crippen LogP contribution in [-0.2, 0) is 4.79 Å². The lowest BCUT2D eigenvalue weighted by atomic mass is 9.76. The van der Waals surface area contributed by atoms with Crippen molar-refractivity contribution >= 4 is 30.1 Å². The first-order valence-corrected chi connectivity index (χ1v) is 6.86. The number of carbonyl (C=O) groups is 1. The first kappa shape index (κ1) is 12.8. The minimum absolute atomic E-state index is 0.106. The molecule has 0 radical (unpaired) electrons. The summed E-state index contributed by atoms with van der Waals surface area (Å²) in [6.07, 6.45) is 2.53. The Bertz CT molecular complexity index is 404. The van der Waals surface area contributed by atoms with Crippen LogP contribution in [0.5, 0.6) is 0 Å². The monoisotopic (exact) mass is 269 g/mol. The SMILES string of the molecule is O=C(CCS)NC1CC(c2cccc(Cl)c2)C1. The molecule has 1 amide bonds. The van der Waals surface area contributed by atoms with Gasteiger partial charge in [0.25, 0.3) is 0 Å². The van der Waals surface area contributed by atoms with Crippen molar-refractivity contribution in [3.05, 3.63) is 34.9 Å². The zero-order valence-corrected chi connectivity index (χ0v) is 11.2. The molecule has 2 rings (SSSR count). The minimum Gasteiger partial charge on any atom is -0.353 e. The summed E-state index contributed by atoms with van der Waals surface area (Å²) >= 11 is 9.99. The summed E-state index contributed by atoms with van der Waals surface area (Å²) in [6.45, 7) is 0. The van der Waals surface area contributed by atoms with Gasteiger partial charge in [-0.15, -0.1) is 0 Å². The van der Waals surface area contributed by atoms with E-state index in [9.17, 15) is 4.79 Å². The van der Waals surface area contributed by atoms with E-state index in [1.54, 1.807) is 0 Å². The highest BCUT2D eigenvalue weighted by atomic mass is 35.5. The average Bonchev–Trinajstić information content (AvgIpc) is 2.23. The third kappa shape index (κ3) is 3.39. The molecule has 0 unspecified atom stereocenters. The van der Waals surface area contributed by atoms with Gasteiger partial charge in [0.05, 0.1) is 0 Å². The second-order valence-corrected chi connectivity index (χ2v) is 5.35. The Morgan fingerprint density at radius 3 is 2.88 bits per heavy atom. The minimum atomic E-state index is 0.106. The lowest BCUT2D eigenvalue weighted by Gasteiger charge is -2.36. The number of halogens is 1. The maximum absolute atomic E-state index is 11.4. The highest BCUT2D eigenvalue weighted by Crippen LogP contribution is 2.37. The summed E-state index contributed by atoms with van der Waals surface area (Å²) in [5.74, 6) is 1.25. The van der Waals surface area contributed by atoms with Gasteiger partial charge in [-0.25, -0.2) is 0 Å². The molecule has 1 aliphatic rings. The molecule has 1 aromatic carbocycles. The first-order valence-electron chi connectivity index (χ1n) is 5.84. The number of hydrogen-bond donors (Lipinski definition) is 2. The van der Waals surface area contributed by atoms with E-state index in [-0.39, 0.29) is 5.91 Å². The first-order chi connectivity index (χ1) is 8.19. The van der Waals surface area contributed by atoms with E-state index < -0.39 is 0 Å². The zero-order chi connectivity index (χ0) is 12.3. The van der Waals surface area contributed by atoms with E-state index in [4.69, 9.17) is 11.6 Å². The average molecular weight is 270 g/mol. The van der Waals surface area contributed by atoms with Gasteiger partial charge in [-0.3, -0.25) is 4.79 Å². The molecule has 0 spiro atoms. The molecule has 4 heteroatoms. The molecular formula is C13H16ClNOS. The number of amides is 1. The van der Waals surface area contributed by atoms with Gasteiger partial charge in [0, 0.05) is 17.5 Å². The molecular weight excluding hydrogens is 254 g/mol. The number of benzene rings is 1. The van der Waals surface area contributed by atoms with E-state index in [2.05, 4.69) is 24.0 Å². The molecule has 92 valence electrons. The van der Waals surface area contributed by atoms with E-state index in [0.717, 1.165) is 17.9 Å². The fraction of sp³-hybridized carbons (Fsp3) is 0.462. The fourth-order valence-electron chi connectivity index (χ4n) is 2.17. The second kappa shape index (κ2) is 5.78. The molecule has 1 N–H and O–H groups in total. The Hall–Kier alpha value is -0.670. The largest absolute Gasteiger partial charge is 0.353 e. The number of rotatable bonds is 4. The third-order valence-corrected chi connectivity index (χ3v) is 3.62. The predicted octanol–water partition coefficient (Wildman–Crippen LogP) is 3.02. The Morgan fingerprint density at radius 2 is 2.24 bits per heavy atom. The summed E-state index contributed by atoms with van der Waals surface area (Å²) in [7, 11) is 0. The van der Waals surface area contributed by atoms with E-state index in [0.29, 0.717) is 24.1 Å². The molecule has 0 heterocycles. The molecule has 0 atom stereocenters. The molecule has 0 bridgehead atoms. The predicted molar refractivity (Wildman–Crippen MR) is 73.8 cm³/mol. The zero-order valence-electron chi connectivity index (χ0n) is 9.53. The maximum atomic E-state index is 11.4. The van der Waals surface area contributed by atoms with Crippen molar-refractivity contribution in [2.45, 2.75) is 31.2 Å². The van der Waals surface area contributed by atoms with Gasteiger partial charge < -0.3 is 5.32 Å². The van der Waals surface area contributed by atoms with Gasteiger partial charge in [-0.2, -0.15) is 12.6 Å². The second-order valence-electron chi connectivity index (χ2n) is 4.46. The van der Waals surface area contributed by atoms with Crippen LogP contribution in [0.4, 0.5) is 0 Å². The van der Waals surface area contributed by atoms with Gasteiger partial charge in [0.2, 0.25) is 5.91 Å². The van der Waals surface area contributed by atoms with Gasteiger partial charge in [0.1, 0.15) is 0 Å². The van der Waals surface area contributed by atoms with Gasteiger partial charge in [-0.1, -0.05) is 23.7 Å². The summed E-state index contributed by atoms with van der Waals surface area (Å²) in [5.41, 5.74) is 1.28. The van der Waals surface area contributed by atoms with Gasteiger partial charge >= 0.3 is 0 Å². The highest BCUT2D eigenvalue weighted by molar-refractivity contribution is 7.80. The summed E-state index contributed by atoms with van der Waals surface area (Å²) in [5, 5.41) is 3.79. The number of nitrogens with one attached hydrogen (secondary N) is 1. The summed E-state index contributed by atoms with van der Waals surface area (Å²) in [6, 6.07) is 8.30. The van der Waals surface area contributed by atoms with Crippen molar-refractivity contribution in [1.82, 2.24) is 5.32 Å². The molecule has 17 heavy (non-hydrogen) atoms. The van der Waals surface area contributed by atoms with Crippen LogP contribution in [0, 0.1) is 0 Å². The smallest absolute Gasteiger partial charge is 0.221 e. The Kier molecular flexibility index (Phi) is 4.35. The normalized spacial score (nSPS) is 22.9. The molecule has 0 saturated heterocycles. The summed E-state index contributed by atoms with van der Waals surface area (Å²) in [4.78, 5) is 11.4. The van der Waals surface area contributed by atoms with Crippen LogP contribution in [0.2, 0.25) is 5.02 Å². The number of hydrogen-bond acceptors (Lipinski definition) is 2. The topological polar surface area (TPSA) is 29.1 Å². The van der Waals surface area contributed by atoms with Gasteiger partial charge in [0.15, 0.2) is 0 Å². The number of carbonyl (C=O) groups excluding carboxylic acids is 1. The molecule has 0 aliphatic heterocycles. The quantitative estimate of drug-likeness (QED) is 0.809. The van der Waals surface area contributed by atoms with Crippen LogP contribution < -0.4 is 5.32 Å². The van der Waals surface area contributed by atoms with Crippen LogP contribution in [0.15, 0.2) is 24.3 Å². The van der Waals surface area contributed by atoms with E-state index >= 15 is 0 Å². The van der Waals surface area contributed by atoms with Crippen molar-refractivity contribution < 1.29 is 4.79 Å². The van der Waals surface area contributed by atoms with Crippen LogP contribution >= 0.6 is 24.2 Å². The van der Waals surface area contributed by atoms with E-state index in [1.807, 2.05) is 18.2 Å². The Labute approximate surface area is 112 Å². The molecule has 1 fully saturated rings. The van der Waals surface area contributed by atoms with Gasteiger partial charge in [-0.05, 0) is 42.2 Å². The maximum Gasteiger partial charge on any atom is 0.221 e. The van der Waals surface area contributed by atoms with Crippen molar-refractivity contribution in [3.63, 3.8) is 0 Å². The van der Waals surface area contributed by atoms with E-state index in [1.165, 1.54) is 5.56 Å². The van der Waals surface area contributed by atoms with Crippen LogP contribution in [0.3, 0.4) is 0 Å².